The molecular formula is C22H24N2O3. The van der Waals surface area contributed by atoms with Gasteiger partial charge in [0.25, 0.3) is 5.91 Å². The lowest BCUT2D eigenvalue weighted by molar-refractivity contribution is -0.112. The first-order valence-corrected chi connectivity index (χ1v) is 8.70. The normalized spacial score (nSPS) is 11.1. The molecule has 0 atom stereocenters. The predicted octanol–water partition coefficient (Wildman–Crippen LogP) is 4.64. The summed E-state index contributed by atoms with van der Waals surface area (Å²) in [6, 6.07) is 13.0. The highest BCUT2D eigenvalue weighted by atomic mass is 16.5. The van der Waals surface area contributed by atoms with Gasteiger partial charge in [0.2, 0.25) is 0 Å². The predicted molar refractivity (Wildman–Crippen MR) is 107 cm³/mol. The van der Waals surface area contributed by atoms with E-state index >= 15 is 0 Å². The van der Waals surface area contributed by atoms with E-state index in [1.165, 1.54) is 6.08 Å². The number of para-hydroxylation sites is 1. The Balaban J connectivity index is 2.39. The summed E-state index contributed by atoms with van der Waals surface area (Å²) in [7, 11) is 1.55. The van der Waals surface area contributed by atoms with Crippen LogP contribution in [0.15, 0.2) is 42.0 Å². The lowest BCUT2D eigenvalue weighted by Gasteiger charge is -2.16. The number of hydrogen-bond donors (Lipinski definition) is 1. The second-order valence-corrected chi connectivity index (χ2v) is 6.42. The Morgan fingerprint density at radius 3 is 2.52 bits per heavy atom. The van der Waals surface area contributed by atoms with Crippen molar-refractivity contribution in [1.82, 2.24) is 0 Å². The molecule has 0 radical (unpaired) electrons. The van der Waals surface area contributed by atoms with E-state index in [1.54, 1.807) is 25.3 Å². The highest BCUT2D eigenvalue weighted by molar-refractivity contribution is 6.10. The van der Waals surface area contributed by atoms with Crippen LogP contribution in [0, 0.1) is 25.2 Å². The third-order valence-corrected chi connectivity index (χ3v) is 4.10. The minimum absolute atomic E-state index is 0.0160. The number of nitrogens with zero attached hydrogens (tertiary/aromatic N) is 1. The number of amides is 1. The second-order valence-electron chi connectivity index (χ2n) is 6.42. The summed E-state index contributed by atoms with van der Waals surface area (Å²) in [6.07, 6.45) is 1.43. The molecule has 5 heteroatoms. The largest absolute Gasteiger partial charge is 0.493 e. The Morgan fingerprint density at radius 2 is 1.89 bits per heavy atom. The molecule has 0 saturated heterocycles. The fourth-order valence-electron chi connectivity index (χ4n) is 2.55. The molecule has 0 aliphatic carbocycles. The molecule has 2 rings (SSSR count). The van der Waals surface area contributed by atoms with E-state index < -0.39 is 5.91 Å². The van der Waals surface area contributed by atoms with Gasteiger partial charge in [-0.15, -0.1) is 0 Å². The van der Waals surface area contributed by atoms with Crippen LogP contribution in [0.5, 0.6) is 11.5 Å². The van der Waals surface area contributed by atoms with E-state index in [4.69, 9.17) is 9.47 Å². The first-order chi connectivity index (χ1) is 12.9. The van der Waals surface area contributed by atoms with Crippen molar-refractivity contribution < 1.29 is 14.3 Å². The number of nitrogens with one attached hydrogen (secondary N) is 1. The van der Waals surface area contributed by atoms with Crippen LogP contribution in [0.3, 0.4) is 0 Å². The van der Waals surface area contributed by atoms with Crippen molar-refractivity contribution in [1.29, 1.82) is 5.26 Å². The van der Waals surface area contributed by atoms with Crippen molar-refractivity contribution in [2.75, 3.05) is 12.4 Å². The molecule has 0 aliphatic heterocycles. The van der Waals surface area contributed by atoms with Gasteiger partial charge in [0.05, 0.1) is 13.2 Å². The summed E-state index contributed by atoms with van der Waals surface area (Å²) >= 11 is 0. The van der Waals surface area contributed by atoms with Gasteiger partial charge in [-0.05, 0) is 57.0 Å². The number of carbonyl (C=O) groups excluding carboxylic acids is 1. The fraction of sp³-hybridized carbons (Fsp3) is 0.273. The molecule has 140 valence electrons. The van der Waals surface area contributed by atoms with Crippen LogP contribution in [0.4, 0.5) is 5.69 Å². The monoisotopic (exact) mass is 364 g/mol. The molecule has 5 nitrogen and oxygen atoms in total. The smallest absolute Gasteiger partial charge is 0.266 e. The van der Waals surface area contributed by atoms with Crippen molar-refractivity contribution in [3.63, 3.8) is 0 Å². The molecule has 2 aromatic carbocycles. The van der Waals surface area contributed by atoms with Crippen molar-refractivity contribution in [2.45, 2.75) is 33.8 Å². The van der Waals surface area contributed by atoms with E-state index in [0.29, 0.717) is 22.7 Å². The Hall–Kier alpha value is -3.26. The quantitative estimate of drug-likeness (QED) is 0.598. The Labute approximate surface area is 160 Å². The molecule has 0 aliphatic rings. The molecule has 0 unspecified atom stereocenters. The highest BCUT2D eigenvalue weighted by Gasteiger charge is 2.15. The lowest BCUT2D eigenvalue weighted by Crippen LogP contribution is -2.15. The number of aryl methyl sites for hydroxylation is 1. The summed E-state index contributed by atoms with van der Waals surface area (Å²) < 4.78 is 11.2. The number of methoxy groups -OCH3 is 1. The van der Waals surface area contributed by atoms with Gasteiger partial charge in [-0.25, -0.2) is 0 Å². The topological polar surface area (TPSA) is 71.3 Å². The zero-order valence-corrected chi connectivity index (χ0v) is 16.3. The molecular weight excluding hydrogens is 340 g/mol. The highest BCUT2D eigenvalue weighted by Crippen LogP contribution is 2.33. The maximum atomic E-state index is 12.6. The Morgan fingerprint density at radius 1 is 1.19 bits per heavy atom. The summed E-state index contributed by atoms with van der Waals surface area (Å²) in [5, 5.41) is 12.3. The third-order valence-electron chi connectivity index (χ3n) is 4.10. The van der Waals surface area contributed by atoms with Crippen LogP contribution in [0.25, 0.3) is 6.08 Å². The Kier molecular flexibility index (Phi) is 6.62. The number of rotatable bonds is 6. The maximum Gasteiger partial charge on any atom is 0.266 e. The van der Waals surface area contributed by atoms with Gasteiger partial charge in [0, 0.05) is 11.3 Å². The maximum absolute atomic E-state index is 12.6. The van der Waals surface area contributed by atoms with Gasteiger partial charge >= 0.3 is 0 Å². The summed E-state index contributed by atoms with van der Waals surface area (Å²) in [4.78, 5) is 12.6. The second kappa shape index (κ2) is 8.91. The average molecular weight is 364 g/mol. The number of nitriles is 1. The number of hydrogen-bond acceptors (Lipinski definition) is 4. The molecule has 0 aromatic heterocycles. The van der Waals surface area contributed by atoms with Crippen LogP contribution in [-0.4, -0.2) is 19.1 Å². The van der Waals surface area contributed by atoms with E-state index in [-0.39, 0.29) is 11.7 Å². The van der Waals surface area contributed by atoms with E-state index in [1.807, 2.05) is 52.0 Å². The minimum Gasteiger partial charge on any atom is -0.493 e. The third kappa shape index (κ3) is 4.89. The molecule has 0 fully saturated rings. The zero-order chi connectivity index (χ0) is 20.0. The Bertz CT molecular complexity index is 908. The van der Waals surface area contributed by atoms with Crippen molar-refractivity contribution >= 4 is 17.7 Å². The van der Waals surface area contributed by atoms with E-state index in [9.17, 15) is 10.1 Å². The zero-order valence-electron chi connectivity index (χ0n) is 16.3. The minimum atomic E-state index is -0.468. The molecule has 1 amide bonds. The van der Waals surface area contributed by atoms with Crippen LogP contribution in [0.2, 0.25) is 0 Å². The molecule has 0 heterocycles. The van der Waals surface area contributed by atoms with Gasteiger partial charge in [-0.3, -0.25) is 4.79 Å². The molecule has 1 N–H and O–H groups in total. The number of anilines is 1. The van der Waals surface area contributed by atoms with Gasteiger partial charge in [-0.1, -0.05) is 24.3 Å². The molecule has 0 saturated carbocycles. The van der Waals surface area contributed by atoms with Crippen molar-refractivity contribution in [3.05, 3.63) is 58.7 Å². The van der Waals surface area contributed by atoms with E-state index in [2.05, 4.69) is 5.32 Å². The van der Waals surface area contributed by atoms with Gasteiger partial charge in [0.15, 0.2) is 11.5 Å². The van der Waals surface area contributed by atoms with Gasteiger partial charge < -0.3 is 14.8 Å². The SMILES string of the molecule is COc1cccc(/C=C(\C#N)C(=O)Nc2cccc(C)c2C)c1OC(C)C. The summed E-state index contributed by atoms with van der Waals surface area (Å²) in [5.74, 6) is 0.580. The first kappa shape index (κ1) is 20.1. The van der Waals surface area contributed by atoms with Crippen LogP contribution < -0.4 is 14.8 Å². The van der Waals surface area contributed by atoms with Crippen LogP contribution >= 0.6 is 0 Å². The van der Waals surface area contributed by atoms with Crippen molar-refractivity contribution in [2.24, 2.45) is 0 Å². The summed E-state index contributed by atoms with van der Waals surface area (Å²) in [5.41, 5.74) is 3.31. The standard InChI is InChI=1S/C22H24N2O3/c1-14(2)27-21-17(9-7-11-20(21)26-5)12-18(13-23)22(25)24-19-10-6-8-15(3)16(19)4/h6-12,14H,1-5H3,(H,24,25)/b18-12+. The number of carbonyl (C=O) groups is 1. The van der Waals surface area contributed by atoms with Gasteiger partial charge in [0.1, 0.15) is 11.6 Å². The van der Waals surface area contributed by atoms with Crippen molar-refractivity contribution in [3.8, 4) is 17.6 Å². The van der Waals surface area contributed by atoms with Crippen LogP contribution in [0.1, 0.15) is 30.5 Å². The average Bonchev–Trinajstić information content (AvgIpc) is 2.63. The summed E-state index contributed by atoms with van der Waals surface area (Å²) in [6.45, 7) is 7.70. The molecule has 0 spiro atoms. The fourth-order valence-corrected chi connectivity index (χ4v) is 2.55. The number of ether oxygens (including phenoxy) is 2. The number of benzene rings is 2. The van der Waals surface area contributed by atoms with Gasteiger partial charge in [-0.2, -0.15) is 5.26 Å². The van der Waals surface area contributed by atoms with E-state index in [0.717, 1.165) is 11.1 Å². The molecule has 27 heavy (non-hydrogen) atoms. The first-order valence-electron chi connectivity index (χ1n) is 8.70. The van der Waals surface area contributed by atoms with Crippen LogP contribution in [-0.2, 0) is 4.79 Å². The molecule has 0 bridgehead atoms. The lowest BCUT2D eigenvalue weighted by atomic mass is 10.1. The molecule has 2 aromatic rings.